The van der Waals surface area contributed by atoms with Gasteiger partial charge >= 0.3 is 5.97 Å². The van der Waals surface area contributed by atoms with Crippen LogP contribution in [0.3, 0.4) is 0 Å². The number of rotatable bonds is 6. The first-order valence-corrected chi connectivity index (χ1v) is 10.2. The van der Waals surface area contributed by atoms with Gasteiger partial charge in [0, 0.05) is 22.0 Å². The summed E-state index contributed by atoms with van der Waals surface area (Å²) < 4.78 is 5.44. The molecule has 0 aliphatic carbocycles. The highest BCUT2D eigenvalue weighted by Crippen LogP contribution is 2.35. The molecule has 9 heteroatoms. The number of thiocarbonyl (C=S) groups is 1. The summed E-state index contributed by atoms with van der Waals surface area (Å²) in [5, 5.41) is 18.7. The fourth-order valence-corrected chi connectivity index (χ4v) is 3.71. The summed E-state index contributed by atoms with van der Waals surface area (Å²) in [6.45, 7) is 5.19. The van der Waals surface area contributed by atoms with Gasteiger partial charge in [0.25, 0.3) is 5.91 Å². The number of amides is 1. The predicted octanol–water partition coefficient (Wildman–Crippen LogP) is 3.85. The van der Waals surface area contributed by atoms with E-state index in [-0.39, 0.29) is 5.91 Å². The highest BCUT2D eigenvalue weighted by Gasteiger charge is 2.32. The smallest absolute Gasteiger partial charge is 0.341 e. The van der Waals surface area contributed by atoms with Crippen LogP contribution in [0.4, 0.5) is 5.69 Å². The first-order chi connectivity index (χ1) is 14.7. The molecule has 31 heavy (non-hydrogen) atoms. The van der Waals surface area contributed by atoms with Crippen LogP contribution in [0.2, 0.25) is 5.02 Å². The Morgan fingerprint density at radius 1 is 1.16 bits per heavy atom. The fourth-order valence-electron chi connectivity index (χ4n) is 3.26. The molecule has 7 nitrogen and oxygen atoms in total. The number of halogens is 1. The standard InChI is InChI=1S/C22H22ClN3O4S/c1-11-4-6-15(8-12(11)2)25-21(29)19-13(3)24-22(31)26-20(19)16-9-14(23)5-7-17(16)30-10-18(27)28/h4-9,20H,10H2,1-3H3,(H,25,29)(H,27,28)(H2,24,26,31). The molecule has 0 aromatic heterocycles. The number of hydrogen-bond donors (Lipinski definition) is 4. The highest BCUT2D eigenvalue weighted by molar-refractivity contribution is 7.80. The van der Waals surface area contributed by atoms with Crippen molar-refractivity contribution in [3.63, 3.8) is 0 Å². The first kappa shape index (κ1) is 22.6. The van der Waals surface area contributed by atoms with Crippen molar-refractivity contribution in [2.24, 2.45) is 0 Å². The lowest BCUT2D eigenvalue weighted by molar-refractivity contribution is -0.139. The van der Waals surface area contributed by atoms with Gasteiger partial charge in [-0.1, -0.05) is 17.7 Å². The molecule has 0 spiro atoms. The van der Waals surface area contributed by atoms with Crippen molar-refractivity contribution in [1.29, 1.82) is 0 Å². The number of aryl methyl sites for hydroxylation is 2. The predicted molar refractivity (Wildman–Crippen MR) is 123 cm³/mol. The second-order valence-electron chi connectivity index (χ2n) is 7.19. The minimum absolute atomic E-state index is 0.290. The van der Waals surface area contributed by atoms with E-state index in [4.69, 9.17) is 33.7 Å². The number of allylic oxidation sites excluding steroid dienone is 1. The van der Waals surface area contributed by atoms with Crippen LogP contribution in [-0.4, -0.2) is 28.7 Å². The summed E-state index contributed by atoms with van der Waals surface area (Å²) in [5.41, 5.74) is 4.29. The number of ether oxygens (including phenoxy) is 1. The Morgan fingerprint density at radius 3 is 2.58 bits per heavy atom. The van der Waals surface area contributed by atoms with Crippen LogP contribution >= 0.6 is 23.8 Å². The van der Waals surface area contributed by atoms with E-state index in [1.165, 1.54) is 0 Å². The van der Waals surface area contributed by atoms with Crippen molar-refractivity contribution in [1.82, 2.24) is 10.6 Å². The fraction of sp³-hybridized carbons (Fsp3) is 0.227. The zero-order chi connectivity index (χ0) is 22.7. The SMILES string of the molecule is CC1=C(C(=O)Nc2ccc(C)c(C)c2)C(c2cc(Cl)ccc2OCC(=O)O)NC(=S)N1. The molecular formula is C22H22ClN3O4S. The topological polar surface area (TPSA) is 99.7 Å². The van der Waals surface area contributed by atoms with Gasteiger partial charge in [0.05, 0.1) is 11.6 Å². The number of anilines is 1. The number of carboxylic acids is 1. The van der Waals surface area contributed by atoms with Gasteiger partial charge in [0.2, 0.25) is 0 Å². The second-order valence-corrected chi connectivity index (χ2v) is 8.03. The molecule has 1 unspecified atom stereocenters. The van der Waals surface area contributed by atoms with Gasteiger partial charge in [0.1, 0.15) is 5.75 Å². The molecular weight excluding hydrogens is 438 g/mol. The van der Waals surface area contributed by atoms with E-state index >= 15 is 0 Å². The van der Waals surface area contributed by atoms with Gasteiger partial charge in [0.15, 0.2) is 11.7 Å². The molecule has 0 fully saturated rings. The Hall–Kier alpha value is -3.10. The van der Waals surface area contributed by atoms with Crippen molar-refractivity contribution < 1.29 is 19.4 Å². The van der Waals surface area contributed by atoms with E-state index in [0.717, 1.165) is 11.1 Å². The lowest BCUT2D eigenvalue weighted by Gasteiger charge is -2.31. The maximum atomic E-state index is 13.3. The number of carboxylic acid groups (broad SMARTS) is 1. The second kappa shape index (κ2) is 9.36. The average Bonchev–Trinajstić information content (AvgIpc) is 2.69. The summed E-state index contributed by atoms with van der Waals surface area (Å²) in [7, 11) is 0. The van der Waals surface area contributed by atoms with Gasteiger partial charge in [-0.3, -0.25) is 4.79 Å². The molecule has 1 amide bonds. The van der Waals surface area contributed by atoms with Crippen molar-refractivity contribution in [2.75, 3.05) is 11.9 Å². The highest BCUT2D eigenvalue weighted by atomic mass is 35.5. The van der Waals surface area contributed by atoms with Crippen LogP contribution in [-0.2, 0) is 9.59 Å². The lowest BCUT2D eigenvalue weighted by atomic mass is 9.94. The molecule has 2 aromatic rings. The van der Waals surface area contributed by atoms with E-state index in [9.17, 15) is 9.59 Å². The number of aliphatic carboxylic acids is 1. The molecule has 3 rings (SSSR count). The van der Waals surface area contributed by atoms with E-state index in [1.807, 2.05) is 32.0 Å². The van der Waals surface area contributed by atoms with Crippen molar-refractivity contribution in [3.8, 4) is 5.75 Å². The Kier molecular flexibility index (Phi) is 6.82. The Bertz CT molecular complexity index is 1100. The van der Waals surface area contributed by atoms with Crippen LogP contribution in [0.25, 0.3) is 0 Å². The molecule has 0 saturated heterocycles. The Balaban J connectivity index is 2.00. The Morgan fingerprint density at radius 2 is 1.90 bits per heavy atom. The minimum Gasteiger partial charge on any atom is -0.482 e. The average molecular weight is 460 g/mol. The van der Waals surface area contributed by atoms with Crippen LogP contribution in [0.1, 0.15) is 29.7 Å². The van der Waals surface area contributed by atoms with Crippen LogP contribution < -0.4 is 20.7 Å². The van der Waals surface area contributed by atoms with Crippen molar-refractivity contribution >= 4 is 46.5 Å². The number of hydrogen-bond acceptors (Lipinski definition) is 4. The summed E-state index contributed by atoms with van der Waals surface area (Å²) >= 11 is 11.5. The zero-order valence-electron chi connectivity index (χ0n) is 17.2. The number of benzene rings is 2. The molecule has 0 radical (unpaired) electrons. The van der Waals surface area contributed by atoms with Crippen molar-refractivity contribution in [3.05, 3.63) is 69.4 Å². The van der Waals surface area contributed by atoms with Gasteiger partial charge in [-0.25, -0.2) is 4.79 Å². The van der Waals surface area contributed by atoms with Gasteiger partial charge in [-0.05, 0) is 74.4 Å². The van der Waals surface area contributed by atoms with Gasteiger partial charge in [-0.2, -0.15) is 0 Å². The minimum atomic E-state index is -1.12. The maximum absolute atomic E-state index is 13.3. The van der Waals surface area contributed by atoms with Gasteiger partial charge in [-0.15, -0.1) is 0 Å². The van der Waals surface area contributed by atoms with E-state index in [2.05, 4.69) is 16.0 Å². The molecule has 1 heterocycles. The quantitative estimate of drug-likeness (QED) is 0.487. The number of nitrogens with one attached hydrogen (secondary N) is 3. The molecule has 162 valence electrons. The first-order valence-electron chi connectivity index (χ1n) is 9.46. The molecule has 4 N–H and O–H groups in total. The maximum Gasteiger partial charge on any atom is 0.341 e. The molecule has 0 bridgehead atoms. The summed E-state index contributed by atoms with van der Waals surface area (Å²) in [6.07, 6.45) is 0. The monoisotopic (exact) mass is 459 g/mol. The van der Waals surface area contributed by atoms with Crippen molar-refractivity contribution in [2.45, 2.75) is 26.8 Å². The number of carbonyl (C=O) groups excluding carboxylic acids is 1. The largest absolute Gasteiger partial charge is 0.482 e. The van der Waals surface area contributed by atoms with E-state index in [1.54, 1.807) is 25.1 Å². The zero-order valence-corrected chi connectivity index (χ0v) is 18.8. The molecule has 0 saturated carbocycles. The van der Waals surface area contributed by atoms with Crippen LogP contribution in [0.5, 0.6) is 5.75 Å². The lowest BCUT2D eigenvalue weighted by Crippen LogP contribution is -2.45. The molecule has 1 aliphatic rings. The molecule has 2 aromatic carbocycles. The van der Waals surface area contributed by atoms with Crippen LogP contribution in [0, 0.1) is 13.8 Å². The molecule has 1 aliphatic heterocycles. The van der Waals surface area contributed by atoms with E-state index < -0.39 is 18.6 Å². The van der Waals surface area contributed by atoms with E-state index in [0.29, 0.717) is 38.4 Å². The molecule has 1 atom stereocenters. The summed E-state index contributed by atoms with van der Waals surface area (Å²) in [4.78, 5) is 24.3. The third-order valence-corrected chi connectivity index (χ3v) is 5.37. The normalized spacial score (nSPS) is 15.7. The third-order valence-electron chi connectivity index (χ3n) is 4.91. The third kappa shape index (κ3) is 5.34. The summed E-state index contributed by atoms with van der Waals surface area (Å²) in [5.74, 6) is -1.16. The number of carbonyl (C=O) groups is 2. The van der Waals surface area contributed by atoms with Crippen LogP contribution in [0.15, 0.2) is 47.7 Å². The Labute approximate surface area is 190 Å². The van der Waals surface area contributed by atoms with Gasteiger partial charge < -0.3 is 25.8 Å². The summed E-state index contributed by atoms with van der Waals surface area (Å²) in [6, 6.07) is 9.76.